The quantitative estimate of drug-likeness (QED) is 0.251. The lowest BCUT2D eigenvalue weighted by molar-refractivity contribution is -0.138. The molecule has 0 unspecified atom stereocenters. The molecule has 62 valence electrons. The van der Waals surface area contributed by atoms with Gasteiger partial charge in [-0.15, -0.1) is 0 Å². The molecule has 1 atom stereocenters. The Labute approximate surface area is 64.4 Å². The van der Waals surface area contributed by atoms with Crippen LogP contribution in [-0.4, -0.2) is 28.1 Å². The van der Waals surface area contributed by atoms with Crippen LogP contribution in [-0.2, 0) is 4.79 Å². The van der Waals surface area contributed by atoms with Gasteiger partial charge in [0.2, 0.25) is 0 Å². The largest absolute Gasteiger partial charge is 0.480 e. The molecular weight excluding hydrogens is 146 g/mol. The third kappa shape index (κ3) is 5.26. The zero-order chi connectivity index (χ0) is 8.69. The number of rotatable bonds is 5. The lowest BCUT2D eigenvalue weighted by Gasteiger charge is -2.01. The smallest absolute Gasteiger partial charge is 0.320 e. The van der Waals surface area contributed by atoms with Crippen molar-refractivity contribution in [2.45, 2.75) is 25.3 Å². The van der Waals surface area contributed by atoms with Gasteiger partial charge in [0.1, 0.15) is 6.04 Å². The Kier molecular flexibility index (Phi) is 4.98. The highest BCUT2D eigenvalue weighted by Gasteiger charge is 2.09. The predicted molar refractivity (Wildman–Crippen MR) is 39.1 cm³/mol. The van der Waals surface area contributed by atoms with Crippen LogP contribution >= 0.6 is 0 Å². The van der Waals surface area contributed by atoms with Gasteiger partial charge in [0.25, 0.3) is 6.21 Å². The van der Waals surface area contributed by atoms with Crippen molar-refractivity contribution >= 4 is 12.2 Å². The predicted octanol–water partition coefficient (Wildman–Crippen LogP) is -0.131. The molecule has 0 aliphatic carbocycles. The molecule has 0 saturated heterocycles. The molecule has 5 heteroatoms. The van der Waals surface area contributed by atoms with Crippen molar-refractivity contribution in [1.29, 1.82) is 0 Å². The molecule has 5 nitrogen and oxygen atoms in total. The van der Waals surface area contributed by atoms with Gasteiger partial charge in [-0.1, -0.05) is 0 Å². The lowest BCUT2D eigenvalue weighted by atomic mass is 10.1. The maximum atomic E-state index is 10.2. The highest BCUT2D eigenvalue weighted by molar-refractivity contribution is 5.73. The van der Waals surface area contributed by atoms with Gasteiger partial charge >= 0.3 is 5.97 Å². The Morgan fingerprint density at radius 1 is 1.82 bits per heavy atom. The first-order valence-corrected chi connectivity index (χ1v) is 3.32. The maximum Gasteiger partial charge on any atom is 0.320 e. The molecule has 3 N–H and O–H groups in total. The number of unbranched alkanes of at least 4 members (excludes halogenated alkanes) is 1. The molecular formula is C6H11N3O2. The minimum atomic E-state index is -0.995. The number of aliphatic carboxylic acids is 1. The molecule has 0 rings (SSSR count). The van der Waals surface area contributed by atoms with E-state index in [0.717, 1.165) is 0 Å². The van der Waals surface area contributed by atoms with Crippen LogP contribution in [0.4, 0.5) is 0 Å². The average molecular weight is 157 g/mol. The molecule has 0 aromatic carbocycles. The highest BCUT2D eigenvalue weighted by Crippen LogP contribution is 1.96. The van der Waals surface area contributed by atoms with Crippen LogP contribution in [0.15, 0.2) is 0 Å². The summed E-state index contributed by atoms with van der Waals surface area (Å²) in [6.45, 7) is 0. The van der Waals surface area contributed by atoms with E-state index >= 15 is 0 Å². The van der Waals surface area contributed by atoms with Crippen molar-refractivity contribution in [1.82, 2.24) is 0 Å². The topological polar surface area (TPSA) is 99.7 Å². The van der Waals surface area contributed by atoms with E-state index in [-0.39, 0.29) is 0 Å². The second kappa shape index (κ2) is 5.58. The Bertz CT molecular complexity index is 175. The summed E-state index contributed by atoms with van der Waals surface area (Å²) >= 11 is 0. The summed E-state index contributed by atoms with van der Waals surface area (Å²) in [5.74, 6) is -0.995. The normalized spacial score (nSPS) is 11.7. The van der Waals surface area contributed by atoms with Crippen molar-refractivity contribution in [3.63, 3.8) is 0 Å². The van der Waals surface area contributed by atoms with Crippen LogP contribution in [0, 0.1) is 0 Å². The van der Waals surface area contributed by atoms with Crippen LogP contribution in [0.5, 0.6) is 0 Å². The van der Waals surface area contributed by atoms with Gasteiger partial charge in [-0.2, -0.15) is 4.79 Å². The number of nitrogens with two attached hydrogens (primary N) is 1. The molecule has 0 bridgehead atoms. The van der Waals surface area contributed by atoms with Crippen molar-refractivity contribution < 1.29 is 14.7 Å². The van der Waals surface area contributed by atoms with Crippen LogP contribution < -0.4 is 5.73 Å². The Hall–Kier alpha value is -1.19. The first kappa shape index (κ1) is 9.81. The third-order valence-electron chi connectivity index (χ3n) is 1.25. The molecule has 0 aliphatic rings. The van der Waals surface area contributed by atoms with Crippen molar-refractivity contribution in [2.24, 2.45) is 5.73 Å². The summed E-state index contributed by atoms with van der Waals surface area (Å²) in [6.07, 6.45) is 2.89. The van der Waals surface area contributed by atoms with Gasteiger partial charge in [-0.05, 0) is 12.8 Å². The average Bonchev–Trinajstić information content (AvgIpc) is 1.97. The standard InChI is InChI=1S/C6H11N3O2/c7-5(6(10)11)3-1-2-4-9-8/h4-5H,1-3,7H2,(H,10,11)/t5-/m0/s1. The molecule has 0 amide bonds. The first-order chi connectivity index (χ1) is 5.18. The molecule has 0 aromatic heterocycles. The molecule has 0 fully saturated rings. The van der Waals surface area contributed by atoms with E-state index in [1.165, 1.54) is 6.21 Å². The Morgan fingerprint density at radius 2 is 2.45 bits per heavy atom. The lowest BCUT2D eigenvalue weighted by Crippen LogP contribution is -2.29. The van der Waals surface area contributed by atoms with E-state index in [1.807, 2.05) is 0 Å². The van der Waals surface area contributed by atoms with Crippen LogP contribution in [0.1, 0.15) is 19.3 Å². The van der Waals surface area contributed by atoms with E-state index in [0.29, 0.717) is 19.3 Å². The van der Waals surface area contributed by atoms with Crippen molar-refractivity contribution in [3.8, 4) is 0 Å². The molecule has 11 heavy (non-hydrogen) atoms. The number of hydrogen-bond donors (Lipinski definition) is 2. The van der Waals surface area contributed by atoms with Gasteiger partial charge in [-0.3, -0.25) is 4.79 Å². The van der Waals surface area contributed by atoms with E-state index in [9.17, 15) is 4.79 Å². The summed E-state index contributed by atoms with van der Waals surface area (Å²) in [4.78, 5) is 12.9. The van der Waals surface area contributed by atoms with E-state index in [4.69, 9.17) is 16.4 Å². The Morgan fingerprint density at radius 3 is 2.91 bits per heavy atom. The molecule has 0 aromatic rings. The summed E-state index contributed by atoms with van der Waals surface area (Å²) in [5.41, 5.74) is 13.2. The fraction of sp³-hybridized carbons (Fsp3) is 0.667. The maximum absolute atomic E-state index is 10.2. The zero-order valence-corrected chi connectivity index (χ0v) is 6.10. The summed E-state index contributed by atoms with van der Waals surface area (Å²) < 4.78 is 0. The summed E-state index contributed by atoms with van der Waals surface area (Å²) in [6, 6.07) is -0.804. The molecule has 0 saturated carbocycles. The van der Waals surface area contributed by atoms with Crippen molar-refractivity contribution in [2.75, 3.05) is 0 Å². The minimum absolute atomic E-state index is 0.404. The monoisotopic (exact) mass is 157 g/mol. The molecule has 0 aliphatic heterocycles. The number of carbonyl (C=O) groups is 1. The molecule has 0 radical (unpaired) electrons. The SMILES string of the molecule is [N-]=[N+]=CCCC[C@H](N)C(=O)O. The second-order valence-corrected chi connectivity index (χ2v) is 2.17. The Balaban J connectivity index is 3.38. The van der Waals surface area contributed by atoms with Gasteiger partial charge in [0.05, 0.1) is 0 Å². The van der Waals surface area contributed by atoms with E-state index in [1.54, 1.807) is 0 Å². The number of carboxylic acids is 1. The zero-order valence-electron chi connectivity index (χ0n) is 6.10. The number of carboxylic acid groups (broad SMARTS) is 1. The van der Waals surface area contributed by atoms with E-state index < -0.39 is 12.0 Å². The fourth-order valence-electron chi connectivity index (χ4n) is 0.610. The minimum Gasteiger partial charge on any atom is -0.480 e. The van der Waals surface area contributed by atoms with E-state index in [2.05, 4.69) is 4.79 Å². The first-order valence-electron chi connectivity index (χ1n) is 3.32. The van der Waals surface area contributed by atoms with Gasteiger partial charge in [-0.25, -0.2) is 0 Å². The van der Waals surface area contributed by atoms with Gasteiger partial charge < -0.3 is 16.4 Å². The molecule has 0 spiro atoms. The third-order valence-corrected chi connectivity index (χ3v) is 1.25. The second-order valence-electron chi connectivity index (χ2n) is 2.17. The van der Waals surface area contributed by atoms with Gasteiger partial charge in [0.15, 0.2) is 0 Å². The van der Waals surface area contributed by atoms with Crippen LogP contribution in [0.2, 0.25) is 0 Å². The molecule has 0 heterocycles. The number of nitrogens with zero attached hydrogens (tertiary/aromatic N) is 2. The fourth-order valence-corrected chi connectivity index (χ4v) is 0.610. The van der Waals surface area contributed by atoms with Crippen molar-refractivity contribution in [3.05, 3.63) is 5.53 Å². The highest BCUT2D eigenvalue weighted by atomic mass is 16.4. The van der Waals surface area contributed by atoms with Crippen LogP contribution in [0.25, 0.3) is 5.53 Å². The summed E-state index contributed by atoms with van der Waals surface area (Å²) in [7, 11) is 0. The number of hydrogen-bond acceptors (Lipinski definition) is 2. The summed E-state index contributed by atoms with van der Waals surface area (Å²) in [5, 5.41) is 8.33. The van der Waals surface area contributed by atoms with Gasteiger partial charge in [0, 0.05) is 6.42 Å². The van der Waals surface area contributed by atoms with Crippen LogP contribution in [0.3, 0.4) is 0 Å².